The summed E-state index contributed by atoms with van der Waals surface area (Å²) >= 11 is 3.95. The lowest BCUT2D eigenvalue weighted by molar-refractivity contribution is -0.148. The maximum atomic E-state index is 12.5. The highest BCUT2D eigenvalue weighted by molar-refractivity contribution is 8.16. The van der Waals surface area contributed by atoms with E-state index in [0.29, 0.717) is 36.5 Å². The molecular weight excluding hydrogens is 422 g/mol. The lowest BCUT2D eigenvalue weighted by Gasteiger charge is -2.34. The van der Waals surface area contributed by atoms with Crippen LogP contribution in [0.25, 0.3) is 0 Å². The number of hydrogen-bond acceptors (Lipinski definition) is 6. The van der Waals surface area contributed by atoms with Gasteiger partial charge in [0.2, 0.25) is 0 Å². The number of hydrogen-bond donors (Lipinski definition) is 1. The van der Waals surface area contributed by atoms with Gasteiger partial charge in [-0.3, -0.25) is 14.4 Å². The van der Waals surface area contributed by atoms with E-state index in [1.54, 1.807) is 4.90 Å². The number of amides is 3. The van der Waals surface area contributed by atoms with Crippen LogP contribution in [-0.4, -0.2) is 77.9 Å². The number of carbonyl (C=O) groups excluding carboxylic acids is 3. The third-order valence-corrected chi connectivity index (χ3v) is 7.89. The molecule has 0 saturated carbocycles. The summed E-state index contributed by atoms with van der Waals surface area (Å²) in [5.41, 5.74) is 1.28. The Kier molecular flexibility index (Phi) is 8.32. The van der Waals surface area contributed by atoms with E-state index in [1.807, 2.05) is 49.5 Å². The van der Waals surface area contributed by atoms with Gasteiger partial charge in [0.15, 0.2) is 6.61 Å². The van der Waals surface area contributed by atoms with E-state index in [4.69, 9.17) is 4.74 Å². The average molecular weight is 452 g/mol. The van der Waals surface area contributed by atoms with Crippen molar-refractivity contribution < 1.29 is 19.1 Å². The largest absolute Gasteiger partial charge is 0.484 e. The van der Waals surface area contributed by atoms with Gasteiger partial charge in [0.1, 0.15) is 5.75 Å². The molecule has 2 saturated heterocycles. The third kappa shape index (κ3) is 6.31. The van der Waals surface area contributed by atoms with Gasteiger partial charge in [0.25, 0.3) is 5.91 Å². The Labute approximate surface area is 186 Å². The summed E-state index contributed by atoms with van der Waals surface area (Å²) in [4.78, 5) is 39.6. The standard InChI is InChI=1S/C21H29N3O4S2/c1-15(2)22-19(26)20(27)24-10-8-23(9-11-24)18(25)14-28-17-6-4-16(5-7-17)21-29-12-3-13-30-21/h4-7,15,21H,3,8-14H2,1-2H3,(H,22,26). The van der Waals surface area contributed by atoms with Gasteiger partial charge < -0.3 is 19.9 Å². The lowest BCUT2D eigenvalue weighted by atomic mass is 10.2. The second-order valence-corrected chi connectivity index (χ2v) is 10.3. The molecule has 3 rings (SSSR count). The first-order valence-electron chi connectivity index (χ1n) is 10.3. The molecule has 0 radical (unpaired) electrons. The molecule has 0 spiro atoms. The van der Waals surface area contributed by atoms with Gasteiger partial charge in [-0.25, -0.2) is 0 Å². The molecule has 2 aliphatic rings. The van der Waals surface area contributed by atoms with Crippen molar-refractivity contribution >= 4 is 41.2 Å². The van der Waals surface area contributed by atoms with Crippen molar-refractivity contribution in [3.05, 3.63) is 29.8 Å². The molecule has 2 fully saturated rings. The highest BCUT2D eigenvalue weighted by Gasteiger charge is 2.28. The first-order valence-corrected chi connectivity index (χ1v) is 12.4. The maximum Gasteiger partial charge on any atom is 0.312 e. The van der Waals surface area contributed by atoms with Crippen LogP contribution in [0.3, 0.4) is 0 Å². The van der Waals surface area contributed by atoms with E-state index in [9.17, 15) is 14.4 Å². The molecule has 2 heterocycles. The number of carbonyl (C=O) groups is 3. The molecule has 0 bridgehead atoms. The van der Waals surface area contributed by atoms with Gasteiger partial charge in [0.05, 0.1) is 4.58 Å². The predicted molar refractivity (Wildman–Crippen MR) is 121 cm³/mol. The minimum Gasteiger partial charge on any atom is -0.484 e. The molecule has 30 heavy (non-hydrogen) atoms. The third-order valence-electron chi connectivity index (χ3n) is 4.88. The van der Waals surface area contributed by atoms with E-state index >= 15 is 0 Å². The Balaban J connectivity index is 1.41. The molecular formula is C21H29N3O4S2. The van der Waals surface area contributed by atoms with Crippen LogP contribution in [0.5, 0.6) is 5.75 Å². The molecule has 0 aromatic heterocycles. The highest BCUT2D eigenvalue weighted by Crippen LogP contribution is 2.43. The van der Waals surface area contributed by atoms with Gasteiger partial charge >= 0.3 is 11.8 Å². The zero-order valence-electron chi connectivity index (χ0n) is 17.5. The summed E-state index contributed by atoms with van der Waals surface area (Å²) in [5, 5.41) is 2.60. The number of thioether (sulfide) groups is 2. The molecule has 0 aliphatic carbocycles. The Morgan fingerprint density at radius 2 is 1.63 bits per heavy atom. The summed E-state index contributed by atoms with van der Waals surface area (Å²) in [6.07, 6.45) is 1.27. The van der Waals surface area contributed by atoms with Crippen molar-refractivity contribution in [1.82, 2.24) is 15.1 Å². The van der Waals surface area contributed by atoms with Gasteiger partial charge in [0, 0.05) is 32.2 Å². The van der Waals surface area contributed by atoms with E-state index < -0.39 is 11.8 Å². The normalized spacial score (nSPS) is 17.7. The zero-order valence-corrected chi connectivity index (χ0v) is 19.1. The second kappa shape index (κ2) is 10.9. The van der Waals surface area contributed by atoms with Crippen LogP contribution >= 0.6 is 23.5 Å². The summed E-state index contributed by atoms with van der Waals surface area (Å²) < 4.78 is 6.15. The van der Waals surface area contributed by atoms with E-state index in [1.165, 1.54) is 28.4 Å². The van der Waals surface area contributed by atoms with E-state index in [2.05, 4.69) is 17.4 Å². The molecule has 0 unspecified atom stereocenters. The zero-order chi connectivity index (χ0) is 21.5. The van der Waals surface area contributed by atoms with Gasteiger partial charge in [-0.15, -0.1) is 23.5 Å². The van der Waals surface area contributed by atoms with Crippen LogP contribution in [0.1, 0.15) is 30.4 Å². The summed E-state index contributed by atoms with van der Waals surface area (Å²) in [5.74, 6) is 1.83. The number of nitrogens with one attached hydrogen (secondary N) is 1. The fraction of sp³-hybridized carbons (Fsp3) is 0.571. The monoisotopic (exact) mass is 451 g/mol. The van der Waals surface area contributed by atoms with Crippen LogP contribution in [0, 0.1) is 0 Å². The second-order valence-electron chi connectivity index (χ2n) is 7.59. The van der Waals surface area contributed by atoms with Crippen LogP contribution < -0.4 is 10.1 Å². The first-order chi connectivity index (χ1) is 14.4. The molecule has 3 amide bonds. The Morgan fingerprint density at radius 3 is 2.23 bits per heavy atom. The summed E-state index contributed by atoms with van der Waals surface area (Å²) in [6.45, 7) is 5.08. The van der Waals surface area contributed by atoms with Crippen LogP contribution in [-0.2, 0) is 14.4 Å². The summed E-state index contributed by atoms with van der Waals surface area (Å²) in [7, 11) is 0. The van der Waals surface area contributed by atoms with Crippen LogP contribution in [0.15, 0.2) is 24.3 Å². The topological polar surface area (TPSA) is 79.0 Å². The number of nitrogens with zero attached hydrogens (tertiary/aromatic N) is 2. The smallest absolute Gasteiger partial charge is 0.312 e. The number of ether oxygens (including phenoxy) is 1. The molecule has 1 N–H and O–H groups in total. The van der Waals surface area contributed by atoms with Gasteiger partial charge in [-0.2, -0.15) is 0 Å². The molecule has 9 heteroatoms. The number of rotatable bonds is 5. The van der Waals surface area contributed by atoms with Crippen molar-refractivity contribution in [2.75, 3.05) is 44.3 Å². The minimum atomic E-state index is -0.596. The number of piperazine rings is 1. The minimum absolute atomic E-state index is 0.0337. The predicted octanol–water partition coefficient (Wildman–Crippen LogP) is 2.13. The Morgan fingerprint density at radius 1 is 1.03 bits per heavy atom. The van der Waals surface area contributed by atoms with Crippen molar-refractivity contribution in [1.29, 1.82) is 0 Å². The van der Waals surface area contributed by atoms with E-state index in [0.717, 1.165) is 0 Å². The van der Waals surface area contributed by atoms with Crippen molar-refractivity contribution in [2.45, 2.75) is 30.9 Å². The molecule has 2 aliphatic heterocycles. The SMILES string of the molecule is CC(C)NC(=O)C(=O)N1CCN(C(=O)COc2ccc(C3SCCCS3)cc2)CC1. The Bertz CT molecular complexity index is 743. The molecule has 7 nitrogen and oxygen atoms in total. The average Bonchev–Trinajstić information content (AvgIpc) is 2.77. The van der Waals surface area contributed by atoms with Gasteiger partial charge in [-0.05, 0) is 49.5 Å². The summed E-state index contributed by atoms with van der Waals surface area (Å²) in [6, 6.07) is 7.89. The fourth-order valence-electron chi connectivity index (χ4n) is 3.26. The van der Waals surface area contributed by atoms with Gasteiger partial charge in [-0.1, -0.05) is 12.1 Å². The van der Waals surface area contributed by atoms with Crippen molar-refractivity contribution in [3.8, 4) is 5.75 Å². The Hall–Kier alpha value is -1.87. The molecule has 1 aromatic rings. The maximum absolute atomic E-state index is 12.5. The van der Waals surface area contributed by atoms with Crippen LogP contribution in [0.4, 0.5) is 0 Å². The molecule has 164 valence electrons. The highest BCUT2D eigenvalue weighted by atomic mass is 32.2. The van der Waals surface area contributed by atoms with Crippen molar-refractivity contribution in [2.24, 2.45) is 0 Å². The quantitative estimate of drug-likeness (QED) is 0.691. The van der Waals surface area contributed by atoms with Crippen molar-refractivity contribution in [3.63, 3.8) is 0 Å². The van der Waals surface area contributed by atoms with Crippen LogP contribution in [0.2, 0.25) is 0 Å². The lowest BCUT2D eigenvalue weighted by Crippen LogP contribution is -2.55. The first kappa shape index (κ1) is 22.8. The molecule has 1 aromatic carbocycles. The fourth-order valence-corrected chi connectivity index (χ4v) is 6.16. The van der Waals surface area contributed by atoms with E-state index in [-0.39, 0.29) is 18.6 Å². The molecule has 0 atom stereocenters. The number of benzene rings is 1.